The normalized spacial score (nSPS) is 12.1. The average molecular weight is 272 g/mol. The molecule has 0 radical (unpaired) electrons. The minimum Gasteiger partial charge on any atom is -0.388 e. The van der Waals surface area contributed by atoms with Gasteiger partial charge in [-0.15, -0.1) is 0 Å². The fraction of sp³-hybridized carbons (Fsp3) is 0.368. The molecule has 0 saturated heterocycles. The van der Waals surface area contributed by atoms with E-state index in [2.05, 4.69) is 12.1 Å². The van der Waals surface area contributed by atoms with Gasteiger partial charge >= 0.3 is 0 Å². The number of benzene rings is 2. The monoisotopic (exact) mass is 272 g/mol. The Kier molecular flexibility index (Phi) is 10.3. The zero-order valence-corrected chi connectivity index (χ0v) is 13.4. The average Bonchev–Trinajstić information content (AvgIpc) is 2.59. The van der Waals surface area contributed by atoms with E-state index in [0.717, 1.165) is 5.56 Å². The maximum atomic E-state index is 10.2. The number of aliphatic hydroxyl groups is 1. The van der Waals surface area contributed by atoms with Crippen LogP contribution in [0.15, 0.2) is 60.7 Å². The van der Waals surface area contributed by atoms with E-state index >= 15 is 0 Å². The van der Waals surface area contributed by atoms with Gasteiger partial charge in [0.15, 0.2) is 0 Å². The summed E-state index contributed by atoms with van der Waals surface area (Å²) in [4.78, 5) is 0. The first-order valence-electron chi connectivity index (χ1n) is 7.57. The molecule has 0 bridgehead atoms. The minimum atomic E-state index is -0.441. The van der Waals surface area contributed by atoms with Gasteiger partial charge in [0, 0.05) is 5.92 Å². The Bertz CT molecular complexity index is 379. The Morgan fingerprint density at radius 3 is 1.40 bits per heavy atom. The zero-order valence-electron chi connectivity index (χ0n) is 13.4. The van der Waals surface area contributed by atoms with Gasteiger partial charge in [0.05, 0.1) is 6.10 Å². The molecule has 0 heterocycles. The van der Waals surface area contributed by atoms with Crippen molar-refractivity contribution >= 4 is 0 Å². The predicted octanol–water partition coefficient (Wildman–Crippen LogP) is 5.58. The molecule has 110 valence electrons. The lowest BCUT2D eigenvalue weighted by atomic mass is 9.91. The molecule has 2 aromatic carbocycles. The fourth-order valence-electron chi connectivity index (χ4n) is 1.88. The van der Waals surface area contributed by atoms with Crippen LogP contribution >= 0.6 is 0 Å². The van der Waals surface area contributed by atoms with Crippen LogP contribution < -0.4 is 0 Å². The Labute approximate surface area is 124 Å². The van der Waals surface area contributed by atoms with Crippen molar-refractivity contribution < 1.29 is 5.11 Å². The van der Waals surface area contributed by atoms with Gasteiger partial charge in [-0.1, -0.05) is 95.3 Å². The number of rotatable bonds is 3. The second-order valence-electron chi connectivity index (χ2n) is 4.05. The molecule has 0 fully saturated rings. The Hall–Kier alpha value is -1.60. The highest BCUT2D eigenvalue weighted by molar-refractivity contribution is 5.25. The van der Waals surface area contributed by atoms with Gasteiger partial charge in [-0.2, -0.15) is 0 Å². The lowest BCUT2D eigenvalue weighted by molar-refractivity contribution is 0.151. The molecule has 1 heteroatoms. The smallest absolute Gasteiger partial charge is 0.0855 e. The second-order valence-corrected chi connectivity index (χ2v) is 4.05. The summed E-state index contributed by atoms with van der Waals surface area (Å²) in [7, 11) is 0. The molecule has 0 spiro atoms. The molecular formula is C19H28O. The summed E-state index contributed by atoms with van der Waals surface area (Å²) in [6, 6.07) is 19.9. The van der Waals surface area contributed by atoms with Crippen LogP contribution in [0.25, 0.3) is 0 Å². The molecule has 1 unspecified atom stereocenters. The van der Waals surface area contributed by atoms with Crippen molar-refractivity contribution in [3.8, 4) is 0 Å². The quantitative estimate of drug-likeness (QED) is 0.773. The lowest BCUT2D eigenvalue weighted by Gasteiger charge is -2.19. The van der Waals surface area contributed by atoms with E-state index in [-0.39, 0.29) is 5.92 Å². The Morgan fingerprint density at radius 1 is 0.650 bits per heavy atom. The summed E-state index contributed by atoms with van der Waals surface area (Å²) in [6.07, 6.45) is -0.441. The molecular weight excluding hydrogens is 244 g/mol. The van der Waals surface area contributed by atoms with Crippen molar-refractivity contribution in [1.82, 2.24) is 0 Å². The molecule has 0 amide bonds. The standard InChI is InChI=1S/C15H16O.2C2H6/c1-12(13-8-4-2-5-9-13)15(16)14-10-6-3-7-11-14;2*1-2/h2-12,15-16H,1H3;2*1-2H3/t12-,15?;;/m1../s1. The first-order chi connectivity index (χ1) is 9.79. The van der Waals surface area contributed by atoms with Gasteiger partial charge in [0.2, 0.25) is 0 Å². The summed E-state index contributed by atoms with van der Waals surface area (Å²) < 4.78 is 0. The van der Waals surface area contributed by atoms with Gasteiger partial charge in [0.1, 0.15) is 0 Å². The van der Waals surface area contributed by atoms with Crippen molar-refractivity contribution in [3.63, 3.8) is 0 Å². The first kappa shape index (κ1) is 18.4. The van der Waals surface area contributed by atoms with Crippen molar-refractivity contribution in [2.24, 2.45) is 0 Å². The third-order valence-corrected chi connectivity index (χ3v) is 2.94. The highest BCUT2D eigenvalue weighted by atomic mass is 16.3. The SMILES string of the molecule is CC.CC.C[C@H](c1ccccc1)C(O)c1ccccc1. The van der Waals surface area contributed by atoms with Gasteiger partial charge in [0.25, 0.3) is 0 Å². The van der Waals surface area contributed by atoms with E-state index < -0.39 is 6.10 Å². The molecule has 2 rings (SSSR count). The molecule has 0 aliphatic heterocycles. The van der Waals surface area contributed by atoms with Crippen LogP contribution in [0.5, 0.6) is 0 Å². The van der Waals surface area contributed by atoms with Gasteiger partial charge in [-0.05, 0) is 11.1 Å². The van der Waals surface area contributed by atoms with Crippen LogP contribution in [0, 0.1) is 0 Å². The lowest BCUT2D eigenvalue weighted by Crippen LogP contribution is -2.07. The highest BCUT2D eigenvalue weighted by Gasteiger charge is 2.17. The number of hydrogen-bond donors (Lipinski definition) is 1. The summed E-state index contributed by atoms with van der Waals surface area (Å²) >= 11 is 0. The van der Waals surface area contributed by atoms with E-state index in [0.29, 0.717) is 0 Å². The van der Waals surface area contributed by atoms with E-state index in [1.54, 1.807) is 0 Å². The molecule has 2 atom stereocenters. The molecule has 0 aliphatic rings. The van der Waals surface area contributed by atoms with Crippen LogP contribution in [0.1, 0.15) is 57.8 Å². The maximum absolute atomic E-state index is 10.2. The molecule has 0 aromatic heterocycles. The Morgan fingerprint density at radius 2 is 1.00 bits per heavy atom. The van der Waals surface area contributed by atoms with Crippen molar-refractivity contribution in [2.75, 3.05) is 0 Å². The number of aliphatic hydroxyl groups excluding tert-OH is 1. The molecule has 20 heavy (non-hydrogen) atoms. The minimum absolute atomic E-state index is 0.114. The molecule has 1 nitrogen and oxygen atoms in total. The molecule has 0 saturated carbocycles. The molecule has 2 aromatic rings. The fourth-order valence-corrected chi connectivity index (χ4v) is 1.88. The molecule has 0 aliphatic carbocycles. The van der Waals surface area contributed by atoms with E-state index in [9.17, 15) is 5.11 Å². The third-order valence-electron chi connectivity index (χ3n) is 2.94. The summed E-state index contributed by atoms with van der Waals surface area (Å²) in [6.45, 7) is 10.0. The predicted molar refractivity (Wildman–Crippen MR) is 89.0 cm³/mol. The van der Waals surface area contributed by atoms with Crippen molar-refractivity contribution in [2.45, 2.75) is 46.6 Å². The maximum Gasteiger partial charge on any atom is 0.0855 e. The second kappa shape index (κ2) is 11.2. The summed E-state index contributed by atoms with van der Waals surface area (Å²) in [5, 5.41) is 10.2. The van der Waals surface area contributed by atoms with Gasteiger partial charge in [-0.25, -0.2) is 0 Å². The number of hydrogen-bond acceptors (Lipinski definition) is 1. The van der Waals surface area contributed by atoms with Crippen molar-refractivity contribution in [1.29, 1.82) is 0 Å². The van der Waals surface area contributed by atoms with Gasteiger partial charge in [-0.3, -0.25) is 0 Å². The first-order valence-corrected chi connectivity index (χ1v) is 7.57. The third kappa shape index (κ3) is 5.58. The van der Waals surface area contributed by atoms with Crippen LogP contribution in [0.3, 0.4) is 0 Å². The van der Waals surface area contributed by atoms with E-state index in [1.807, 2.05) is 83.1 Å². The van der Waals surface area contributed by atoms with Crippen LogP contribution in [0.4, 0.5) is 0 Å². The summed E-state index contributed by atoms with van der Waals surface area (Å²) in [5.41, 5.74) is 2.14. The topological polar surface area (TPSA) is 20.2 Å². The van der Waals surface area contributed by atoms with E-state index in [4.69, 9.17) is 0 Å². The Balaban J connectivity index is 0.000000829. The highest BCUT2D eigenvalue weighted by Crippen LogP contribution is 2.29. The van der Waals surface area contributed by atoms with Crippen LogP contribution in [0.2, 0.25) is 0 Å². The van der Waals surface area contributed by atoms with Crippen molar-refractivity contribution in [3.05, 3.63) is 71.8 Å². The van der Waals surface area contributed by atoms with Crippen LogP contribution in [-0.4, -0.2) is 5.11 Å². The largest absolute Gasteiger partial charge is 0.388 e. The summed E-state index contributed by atoms with van der Waals surface area (Å²) in [5.74, 6) is 0.114. The zero-order chi connectivity index (χ0) is 15.4. The van der Waals surface area contributed by atoms with E-state index in [1.165, 1.54) is 5.56 Å². The van der Waals surface area contributed by atoms with Gasteiger partial charge < -0.3 is 5.11 Å². The van der Waals surface area contributed by atoms with Crippen LogP contribution in [-0.2, 0) is 0 Å². The molecule has 1 N–H and O–H groups in total.